The molecule has 1 N–H and O–H groups in total. The monoisotopic (exact) mass is 396 g/mol. The minimum absolute atomic E-state index is 0.0127. The lowest BCUT2D eigenvalue weighted by Gasteiger charge is -2.29. The van der Waals surface area contributed by atoms with Crippen LogP contribution in [0.15, 0.2) is 47.6 Å². The van der Waals surface area contributed by atoms with Gasteiger partial charge in [0.2, 0.25) is 0 Å². The number of hydrazone groups is 1. The maximum atomic E-state index is 12.0. The maximum absolute atomic E-state index is 12.0. The molecule has 29 heavy (non-hydrogen) atoms. The van der Waals surface area contributed by atoms with Crippen LogP contribution in [0.3, 0.4) is 0 Å². The Kier molecular flexibility index (Phi) is 6.78. The predicted molar refractivity (Wildman–Crippen MR) is 112 cm³/mol. The van der Waals surface area contributed by atoms with Crippen molar-refractivity contribution in [1.29, 1.82) is 0 Å². The largest absolute Gasteiger partial charge is 0.484 e. The van der Waals surface area contributed by atoms with Crippen molar-refractivity contribution in [3.05, 3.63) is 63.7 Å². The Hall–Kier alpha value is -3.42. The molecule has 1 amide bonds. The number of nitrogens with zero attached hydrogens (tertiary/aromatic N) is 3. The number of amides is 1. The minimum atomic E-state index is -0.439. The van der Waals surface area contributed by atoms with Gasteiger partial charge >= 0.3 is 0 Å². The molecule has 0 aliphatic carbocycles. The van der Waals surface area contributed by atoms with Crippen LogP contribution in [0.2, 0.25) is 0 Å². The number of carbonyl (C=O) groups excluding carboxylic acids is 1. The van der Waals surface area contributed by atoms with Crippen LogP contribution in [0, 0.1) is 17.0 Å². The Morgan fingerprint density at radius 3 is 2.76 bits per heavy atom. The number of hydrogen-bond donors (Lipinski definition) is 1. The second kappa shape index (κ2) is 9.68. The van der Waals surface area contributed by atoms with Gasteiger partial charge in [-0.15, -0.1) is 0 Å². The molecule has 0 radical (unpaired) electrons. The maximum Gasteiger partial charge on any atom is 0.277 e. The van der Waals surface area contributed by atoms with Gasteiger partial charge in [-0.25, -0.2) is 5.43 Å². The second-order valence-electron chi connectivity index (χ2n) is 6.95. The van der Waals surface area contributed by atoms with Crippen LogP contribution in [0.5, 0.6) is 5.75 Å². The van der Waals surface area contributed by atoms with Crippen molar-refractivity contribution in [3.8, 4) is 5.75 Å². The molecule has 1 aliphatic rings. The summed E-state index contributed by atoms with van der Waals surface area (Å²) in [6, 6.07) is 12.1. The van der Waals surface area contributed by atoms with E-state index in [9.17, 15) is 14.9 Å². The molecule has 1 saturated heterocycles. The first-order valence-corrected chi connectivity index (χ1v) is 9.58. The lowest BCUT2D eigenvalue weighted by Crippen LogP contribution is -2.30. The zero-order valence-electron chi connectivity index (χ0n) is 16.3. The summed E-state index contributed by atoms with van der Waals surface area (Å²) in [5.74, 6) is 0.197. The van der Waals surface area contributed by atoms with E-state index in [1.165, 1.54) is 24.8 Å². The first-order chi connectivity index (χ1) is 14.0. The van der Waals surface area contributed by atoms with Crippen LogP contribution >= 0.6 is 0 Å². The summed E-state index contributed by atoms with van der Waals surface area (Å²) < 4.78 is 5.44. The highest BCUT2D eigenvalue weighted by atomic mass is 16.6. The zero-order chi connectivity index (χ0) is 20.6. The summed E-state index contributed by atoms with van der Waals surface area (Å²) in [5, 5.41) is 15.1. The van der Waals surface area contributed by atoms with Crippen molar-refractivity contribution >= 4 is 23.5 Å². The first-order valence-electron chi connectivity index (χ1n) is 9.58. The van der Waals surface area contributed by atoms with Crippen molar-refractivity contribution in [2.45, 2.75) is 26.2 Å². The molecule has 1 fully saturated rings. The van der Waals surface area contributed by atoms with Crippen molar-refractivity contribution in [2.75, 3.05) is 24.6 Å². The van der Waals surface area contributed by atoms with Gasteiger partial charge in [0.05, 0.1) is 11.1 Å². The van der Waals surface area contributed by atoms with Gasteiger partial charge in [0.1, 0.15) is 5.75 Å². The quantitative estimate of drug-likeness (QED) is 0.439. The van der Waals surface area contributed by atoms with Crippen molar-refractivity contribution in [3.63, 3.8) is 0 Å². The normalized spacial score (nSPS) is 14.0. The number of non-ortho nitro benzene ring substituents is 1. The van der Waals surface area contributed by atoms with Gasteiger partial charge in [-0.05, 0) is 49.9 Å². The van der Waals surface area contributed by atoms with E-state index in [1.807, 2.05) is 25.1 Å². The molecule has 2 aromatic rings. The Bertz CT molecular complexity index is 907. The first kappa shape index (κ1) is 20.3. The molecule has 0 spiro atoms. The summed E-state index contributed by atoms with van der Waals surface area (Å²) in [5.41, 5.74) is 4.92. The van der Waals surface area contributed by atoms with E-state index in [-0.39, 0.29) is 12.3 Å². The standard InChI is InChI=1S/C21H24N4O4/c1-16-6-5-7-19(12-16)29-15-21(26)23-22-14-17-13-18(25(27)28)8-9-20(17)24-10-3-2-4-11-24/h5-9,12-14H,2-4,10-11,15H2,1H3,(H,23,26). The minimum Gasteiger partial charge on any atom is -0.484 e. The van der Waals surface area contributed by atoms with E-state index in [0.29, 0.717) is 11.3 Å². The summed E-state index contributed by atoms with van der Waals surface area (Å²) in [6.07, 6.45) is 4.80. The summed E-state index contributed by atoms with van der Waals surface area (Å²) in [6.45, 7) is 3.57. The van der Waals surface area contributed by atoms with Gasteiger partial charge < -0.3 is 9.64 Å². The Labute approximate surface area is 169 Å². The average Bonchev–Trinajstić information content (AvgIpc) is 2.73. The van der Waals surface area contributed by atoms with Gasteiger partial charge in [0, 0.05) is 36.5 Å². The fourth-order valence-corrected chi connectivity index (χ4v) is 3.24. The molecule has 1 aliphatic heterocycles. The molecule has 3 rings (SSSR count). The molecule has 0 saturated carbocycles. The average molecular weight is 396 g/mol. The van der Waals surface area contributed by atoms with Crippen LogP contribution in [0.1, 0.15) is 30.4 Å². The van der Waals surface area contributed by atoms with Crippen LogP contribution in [0.4, 0.5) is 11.4 Å². The molecule has 8 nitrogen and oxygen atoms in total. The summed E-state index contributed by atoms with van der Waals surface area (Å²) >= 11 is 0. The number of rotatable bonds is 7. The highest BCUT2D eigenvalue weighted by molar-refractivity contribution is 5.90. The molecule has 0 unspecified atom stereocenters. The predicted octanol–water partition coefficient (Wildman–Crippen LogP) is 3.42. The van der Waals surface area contributed by atoms with Crippen LogP contribution < -0.4 is 15.1 Å². The number of aryl methyl sites for hydroxylation is 1. The van der Waals surface area contributed by atoms with E-state index >= 15 is 0 Å². The number of piperidine rings is 1. The topological polar surface area (TPSA) is 97.1 Å². The van der Waals surface area contributed by atoms with Crippen LogP contribution in [-0.2, 0) is 4.79 Å². The van der Waals surface area contributed by atoms with Crippen LogP contribution in [-0.4, -0.2) is 36.7 Å². The highest BCUT2D eigenvalue weighted by Crippen LogP contribution is 2.26. The van der Waals surface area contributed by atoms with Crippen molar-refractivity contribution < 1.29 is 14.5 Å². The summed E-state index contributed by atoms with van der Waals surface area (Å²) in [4.78, 5) is 24.9. The molecule has 0 atom stereocenters. The third kappa shape index (κ3) is 5.78. The molecular formula is C21H24N4O4. The van der Waals surface area contributed by atoms with Gasteiger partial charge in [0.15, 0.2) is 6.61 Å². The van der Waals surface area contributed by atoms with E-state index in [0.717, 1.165) is 37.2 Å². The van der Waals surface area contributed by atoms with E-state index in [1.54, 1.807) is 12.1 Å². The number of carbonyl (C=O) groups is 1. The molecule has 0 aromatic heterocycles. The lowest BCUT2D eigenvalue weighted by molar-refractivity contribution is -0.384. The third-order valence-corrected chi connectivity index (χ3v) is 4.67. The molecule has 2 aromatic carbocycles. The molecule has 8 heteroatoms. The second-order valence-corrected chi connectivity index (χ2v) is 6.95. The molecular weight excluding hydrogens is 372 g/mol. The number of nitrogens with one attached hydrogen (secondary N) is 1. The van der Waals surface area contributed by atoms with Crippen molar-refractivity contribution in [1.82, 2.24) is 5.43 Å². The Morgan fingerprint density at radius 1 is 1.24 bits per heavy atom. The fraction of sp³-hybridized carbons (Fsp3) is 0.333. The van der Waals surface area contributed by atoms with E-state index in [4.69, 9.17) is 4.74 Å². The zero-order valence-corrected chi connectivity index (χ0v) is 16.3. The molecule has 0 bridgehead atoms. The number of nitro benzene ring substituents is 1. The molecule has 1 heterocycles. The third-order valence-electron chi connectivity index (χ3n) is 4.67. The number of hydrogen-bond acceptors (Lipinski definition) is 6. The number of ether oxygens (including phenoxy) is 1. The number of nitro groups is 1. The fourth-order valence-electron chi connectivity index (χ4n) is 3.24. The number of anilines is 1. The van der Waals surface area contributed by atoms with E-state index in [2.05, 4.69) is 15.4 Å². The SMILES string of the molecule is Cc1cccc(OCC(=O)NN=Cc2cc([N+](=O)[O-])ccc2N2CCCCC2)c1. The van der Waals surface area contributed by atoms with Crippen molar-refractivity contribution in [2.24, 2.45) is 5.10 Å². The Morgan fingerprint density at radius 2 is 2.03 bits per heavy atom. The smallest absolute Gasteiger partial charge is 0.277 e. The van der Waals surface area contributed by atoms with Gasteiger partial charge in [-0.2, -0.15) is 5.10 Å². The lowest BCUT2D eigenvalue weighted by atomic mass is 10.1. The number of benzene rings is 2. The van der Waals surface area contributed by atoms with Gasteiger partial charge in [-0.1, -0.05) is 12.1 Å². The van der Waals surface area contributed by atoms with E-state index < -0.39 is 10.8 Å². The summed E-state index contributed by atoms with van der Waals surface area (Å²) in [7, 11) is 0. The Balaban J connectivity index is 1.65. The van der Waals surface area contributed by atoms with Gasteiger partial charge in [0.25, 0.3) is 11.6 Å². The van der Waals surface area contributed by atoms with Crippen LogP contribution in [0.25, 0.3) is 0 Å². The molecule has 152 valence electrons. The highest BCUT2D eigenvalue weighted by Gasteiger charge is 2.17. The van der Waals surface area contributed by atoms with Gasteiger partial charge in [-0.3, -0.25) is 14.9 Å².